The van der Waals surface area contributed by atoms with Gasteiger partial charge in [0.15, 0.2) is 5.78 Å². The fraction of sp³-hybridized carbons (Fsp3) is 0.750. The number of hydrogen-bond donors (Lipinski definition) is 3. The maximum Gasteiger partial charge on any atom is 0.243 e. The van der Waals surface area contributed by atoms with Gasteiger partial charge in [0.05, 0.1) is 12.1 Å². The highest BCUT2D eigenvalue weighted by Gasteiger charge is 2.58. The molecule has 3 rings (SSSR count). The Labute approximate surface area is 166 Å². The van der Waals surface area contributed by atoms with Gasteiger partial charge in [-0.1, -0.05) is 25.0 Å². The Balaban J connectivity index is 1.85. The largest absolute Gasteiger partial charge is 0.341 e. The third-order valence-electron chi connectivity index (χ3n) is 6.41. The maximum atomic E-state index is 13.1. The molecule has 0 aromatic heterocycles. The minimum atomic E-state index is -0.841. The second-order valence-electron chi connectivity index (χ2n) is 8.24. The Morgan fingerprint density at radius 3 is 2.82 bits per heavy atom. The number of ketones is 1. The van der Waals surface area contributed by atoms with Crippen LogP contribution in [0.1, 0.15) is 51.9 Å². The fourth-order valence-corrected chi connectivity index (χ4v) is 4.49. The Morgan fingerprint density at radius 2 is 2.14 bits per heavy atom. The van der Waals surface area contributed by atoms with E-state index in [9.17, 15) is 14.4 Å². The van der Waals surface area contributed by atoms with Crippen molar-refractivity contribution < 1.29 is 19.2 Å². The maximum absolute atomic E-state index is 13.1. The highest BCUT2D eigenvalue weighted by Crippen LogP contribution is 2.45. The monoisotopic (exact) mass is 392 g/mol. The molecule has 8 heteroatoms. The van der Waals surface area contributed by atoms with E-state index in [0.29, 0.717) is 12.8 Å². The highest BCUT2D eigenvalue weighted by atomic mass is 16.6. The summed E-state index contributed by atoms with van der Waals surface area (Å²) in [6, 6.07) is -1.02. The van der Waals surface area contributed by atoms with Gasteiger partial charge in [-0.05, 0) is 39.7 Å². The Morgan fingerprint density at radius 1 is 1.36 bits per heavy atom. The first-order valence-corrected chi connectivity index (χ1v) is 10.3. The number of carbonyl (C=O) groups is 3. The quantitative estimate of drug-likeness (QED) is 0.474. The number of nitrogens with zero attached hydrogens (tertiary/aromatic N) is 1. The second-order valence-corrected chi connectivity index (χ2v) is 8.24. The minimum Gasteiger partial charge on any atom is -0.341 e. The van der Waals surface area contributed by atoms with Crippen LogP contribution in [-0.4, -0.2) is 59.8 Å². The number of fused-ring (bicyclic) bond motifs is 2. The first kappa shape index (κ1) is 21.0. The number of Topliss-reactive ketones (excluding diaryl/α,β-unsaturated/α-hetero) is 1. The molecule has 4 N–H and O–H groups in total. The van der Waals surface area contributed by atoms with Crippen molar-refractivity contribution in [3.63, 3.8) is 0 Å². The van der Waals surface area contributed by atoms with Crippen LogP contribution in [0.4, 0.5) is 0 Å². The second kappa shape index (κ2) is 8.71. The third-order valence-corrected chi connectivity index (χ3v) is 6.41. The minimum absolute atomic E-state index is 0.0243. The normalized spacial score (nSPS) is 37.9. The lowest BCUT2D eigenvalue weighted by Crippen LogP contribution is -2.55. The van der Waals surface area contributed by atoms with E-state index in [-0.39, 0.29) is 42.2 Å². The predicted octanol–water partition coefficient (Wildman–Crippen LogP) is 0.418. The van der Waals surface area contributed by atoms with Crippen molar-refractivity contribution in [1.29, 1.82) is 0 Å². The molecule has 2 amide bonds. The summed E-state index contributed by atoms with van der Waals surface area (Å²) in [5.74, 6) is 4.92. The standard InChI is InChI=1S/C20H32N4O4/c1-13(25)20-11-14(20)8-6-4-3-5-7-9-16(22-2)19(27)24-12-15(28-21)10-17(24)18(26)23-20/h6,8,14-17,22H,3-5,7,9-12,21H2,1-2H3,(H,23,26)/b8-6-/t14-,15-,16+,17+,20+/m1/s1. The lowest BCUT2D eigenvalue weighted by molar-refractivity contribution is -0.141. The summed E-state index contributed by atoms with van der Waals surface area (Å²) in [5.41, 5.74) is -0.841. The van der Waals surface area contributed by atoms with Crippen LogP contribution in [0, 0.1) is 5.92 Å². The number of nitrogens with two attached hydrogens (primary N) is 1. The lowest BCUT2D eigenvalue weighted by Gasteiger charge is -2.29. The van der Waals surface area contributed by atoms with Gasteiger partial charge in [0.2, 0.25) is 11.8 Å². The molecular weight excluding hydrogens is 360 g/mol. The molecular formula is C20H32N4O4. The molecule has 5 atom stereocenters. The number of carbonyl (C=O) groups excluding carboxylic acids is 3. The zero-order chi connectivity index (χ0) is 20.3. The lowest BCUT2D eigenvalue weighted by atomic mass is 10.1. The van der Waals surface area contributed by atoms with E-state index in [1.807, 2.05) is 0 Å². The summed E-state index contributed by atoms with van der Waals surface area (Å²) < 4.78 is 0. The van der Waals surface area contributed by atoms with Gasteiger partial charge >= 0.3 is 0 Å². The smallest absolute Gasteiger partial charge is 0.243 e. The zero-order valence-corrected chi connectivity index (χ0v) is 16.8. The van der Waals surface area contributed by atoms with Gasteiger partial charge in [0.1, 0.15) is 11.6 Å². The van der Waals surface area contributed by atoms with Crippen molar-refractivity contribution >= 4 is 17.6 Å². The fourth-order valence-electron chi connectivity index (χ4n) is 4.49. The molecule has 0 radical (unpaired) electrons. The number of allylic oxidation sites excluding steroid dienone is 1. The van der Waals surface area contributed by atoms with Crippen LogP contribution in [0.3, 0.4) is 0 Å². The molecule has 0 spiro atoms. The van der Waals surface area contributed by atoms with Crippen LogP contribution in [0.25, 0.3) is 0 Å². The highest BCUT2D eigenvalue weighted by molar-refractivity contribution is 5.98. The number of rotatable bonds is 3. The van der Waals surface area contributed by atoms with Crippen LogP contribution in [0.5, 0.6) is 0 Å². The van der Waals surface area contributed by atoms with E-state index in [2.05, 4.69) is 22.8 Å². The summed E-state index contributed by atoms with van der Waals surface area (Å²) >= 11 is 0. The molecule has 0 aromatic carbocycles. The average Bonchev–Trinajstić information content (AvgIpc) is 3.19. The van der Waals surface area contributed by atoms with Crippen molar-refractivity contribution in [1.82, 2.24) is 15.5 Å². The molecule has 1 aliphatic carbocycles. The molecule has 3 aliphatic rings. The third kappa shape index (κ3) is 4.14. The van der Waals surface area contributed by atoms with Gasteiger partial charge < -0.3 is 15.5 Å². The van der Waals surface area contributed by atoms with Gasteiger partial charge in [-0.3, -0.25) is 19.2 Å². The number of hydrogen-bond acceptors (Lipinski definition) is 6. The SMILES string of the molecule is CN[C@H]1CCCCC/C=C\[C@@H]2C[C@@]2(C(C)=O)NC(=O)[C@@H]2C[C@@H](ON)CN2C1=O. The number of nitrogens with one attached hydrogen (secondary N) is 2. The molecule has 0 aromatic rings. The number of likely N-dealkylation sites (N-methyl/N-ethyl adjacent to an activating group) is 1. The summed E-state index contributed by atoms with van der Waals surface area (Å²) in [5, 5.41) is 6.04. The van der Waals surface area contributed by atoms with Crippen molar-refractivity contribution in [3.05, 3.63) is 12.2 Å². The topological polar surface area (TPSA) is 114 Å². The van der Waals surface area contributed by atoms with Crippen molar-refractivity contribution in [2.45, 2.75) is 75.6 Å². The van der Waals surface area contributed by atoms with Crippen LogP contribution >= 0.6 is 0 Å². The molecule has 8 nitrogen and oxygen atoms in total. The molecule has 2 aliphatic heterocycles. The van der Waals surface area contributed by atoms with Crippen LogP contribution < -0.4 is 16.5 Å². The molecule has 1 saturated heterocycles. The van der Waals surface area contributed by atoms with Crippen LogP contribution in [0.15, 0.2) is 12.2 Å². The Kier molecular flexibility index (Phi) is 6.52. The van der Waals surface area contributed by atoms with Gasteiger partial charge in [0.25, 0.3) is 0 Å². The van der Waals surface area contributed by atoms with Crippen molar-refractivity contribution in [2.75, 3.05) is 13.6 Å². The summed E-state index contributed by atoms with van der Waals surface area (Å²) in [6.45, 7) is 1.80. The Bertz CT molecular complexity index is 652. The van der Waals surface area contributed by atoms with E-state index in [1.165, 1.54) is 6.92 Å². The van der Waals surface area contributed by atoms with Crippen molar-refractivity contribution in [3.8, 4) is 0 Å². The molecule has 2 heterocycles. The van der Waals surface area contributed by atoms with E-state index in [1.54, 1.807) is 11.9 Å². The van der Waals surface area contributed by atoms with Crippen LogP contribution in [0.2, 0.25) is 0 Å². The first-order chi connectivity index (χ1) is 13.4. The average molecular weight is 393 g/mol. The van der Waals surface area contributed by atoms with E-state index in [0.717, 1.165) is 32.1 Å². The summed E-state index contributed by atoms with van der Waals surface area (Å²) in [4.78, 5) is 45.0. The molecule has 1 saturated carbocycles. The molecule has 156 valence electrons. The molecule has 0 bridgehead atoms. The number of amides is 2. The van der Waals surface area contributed by atoms with Crippen LogP contribution in [-0.2, 0) is 19.2 Å². The predicted molar refractivity (Wildman–Crippen MR) is 104 cm³/mol. The molecule has 28 heavy (non-hydrogen) atoms. The molecule has 2 fully saturated rings. The van der Waals surface area contributed by atoms with E-state index < -0.39 is 11.6 Å². The van der Waals surface area contributed by atoms with E-state index >= 15 is 0 Å². The zero-order valence-electron chi connectivity index (χ0n) is 16.8. The summed E-state index contributed by atoms with van der Waals surface area (Å²) in [7, 11) is 1.76. The van der Waals surface area contributed by atoms with E-state index in [4.69, 9.17) is 10.7 Å². The molecule has 0 unspecified atom stereocenters. The van der Waals surface area contributed by atoms with Gasteiger partial charge in [-0.2, -0.15) is 0 Å². The van der Waals surface area contributed by atoms with Gasteiger partial charge in [-0.25, -0.2) is 5.90 Å². The summed E-state index contributed by atoms with van der Waals surface area (Å²) in [6.07, 6.45) is 9.41. The first-order valence-electron chi connectivity index (χ1n) is 10.3. The Hall–Kier alpha value is -1.77. The van der Waals surface area contributed by atoms with Gasteiger partial charge in [-0.15, -0.1) is 0 Å². The van der Waals surface area contributed by atoms with Crippen molar-refractivity contribution in [2.24, 2.45) is 11.8 Å². The van der Waals surface area contributed by atoms with Gasteiger partial charge in [0, 0.05) is 18.9 Å².